The summed E-state index contributed by atoms with van der Waals surface area (Å²) in [5.41, 5.74) is 0. The quantitative estimate of drug-likeness (QED) is 0.725. The molecule has 0 aromatic rings. The second-order valence-corrected chi connectivity index (χ2v) is 5.15. The highest BCUT2D eigenvalue weighted by molar-refractivity contribution is 4.85. The van der Waals surface area contributed by atoms with Crippen LogP contribution < -0.4 is 5.32 Å². The minimum Gasteiger partial charge on any atom is -0.313 e. The van der Waals surface area contributed by atoms with E-state index in [9.17, 15) is 0 Å². The van der Waals surface area contributed by atoms with Gasteiger partial charge in [0.25, 0.3) is 0 Å². The van der Waals surface area contributed by atoms with Gasteiger partial charge in [-0.15, -0.1) is 0 Å². The van der Waals surface area contributed by atoms with Gasteiger partial charge in [0.15, 0.2) is 0 Å². The highest BCUT2D eigenvalue weighted by Gasteiger charge is 2.29. The zero-order valence-corrected chi connectivity index (χ0v) is 9.63. The molecule has 2 aliphatic rings. The van der Waals surface area contributed by atoms with Gasteiger partial charge in [0.05, 0.1) is 0 Å². The monoisotopic (exact) mass is 196 g/mol. The van der Waals surface area contributed by atoms with Crippen molar-refractivity contribution >= 4 is 0 Å². The highest BCUT2D eigenvalue weighted by atomic mass is 15.2. The van der Waals surface area contributed by atoms with Crippen LogP contribution in [-0.4, -0.2) is 36.6 Å². The Bertz CT molecular complexity index is 175. The molecule has 0 radical (unpaired) electrons. The van der Waals surface area contributed by atoms with E-state index in [2.05, 4.69) is 24.1 Å². The molecule has 2 heteroatoms. The van der Waals surface area contributed by atoms with E-state index in [4.69, 9.17) is 0 Å². The molecule has 2 unspecified atom stereocenters. The van der Waals surface area contributed by atoms with Crippen molar-refractivity contribution < 1.29 is 0 Å². The zero-order chi connectivity index (χ0) is 9.97. The molecule has 2 saturated heterocycles. The van der Waals surface area contributed by atoms with Crippen molar-refractivity contribution in [2.45, 2.75) is 51.6 Å². The van der Waals surface area contributed by atoms with Crippen molar-refractivity contribution in [1.29, 1.82) is 0 Å². The first-order chi connectivity index (χ1) is 6.77. The summed E-state index contributed by atoms with van der Waals surface area (Å²) in [5, 5.41) is 3.64. The summed E-state index contributed by atoms with van der Waals surface area (Å²) in [6, 6.07) is 1.58. The van der Waals surface area contributed by atoms with Gasteiger partial charge in [-0.1, -0.05) is 13.3 Å². The van der Waals surface area contributed by atoms with E-state index < -0.39 is 0 Å². The van der Waals surface area contributed by atoms with Gasteiger partial charge >= 0.3 is 0 Å². The van der Waals surface area contributed by atoms with Gasteiger partial charge in [-0.25, -0.2) is 0 Å². The Hall–Kier alpha value is -0.0800. The van der Waals surface area contributed by atoms with E-state index in [0.29, 0.717) is 0 Å². The number of hydrogen-bond donors (Lipinski definition) is 1. The molecule has 2 fully saturated rings. The van der Waals surface area contributed by atoms with Crippen LogP contribution in [0.25, 0.3) is 0 Å². The molecule has 3 atom stereocenters. The van der Waals surface area contributed by atoms with Gasteiger partial charge in [0, 0.05) is 18.6 Å². The normalized spacial score (nSPS) is 40.3. The smallest absolute Gasteiger partial charge is 0.0195 e. The van der Waals surface area contributed by atoms with E-state index in [1.54, 1.807) is 0 Å². The number of nitrogens with one attached hydrogen (secondary N) is 1. The molecule has 2 heterocycles. The molecular formula is C12H24N2. The van der Waals surface area contributed by atoms with E-state index >= 15 is 0 Å². The number of piperidine rings is 1. The van der Waals surface area contributed by atoms with Crippen LogP contribution in [0.15, 0.2) is 0 Å². The molecule has 1 N–H and O–H groups in total. The van der Waals surface area contributed by atoms with Gasteiger partial charge in [0.2, 0.25) is 0 Å². The summed E-state index contributed by atoms with van der Waals surface area (Å²) in [4.78, 5) is 2.67. The maximum atomic E-state index is 3.64. The molecule has 2 nitrogen and oxygen atoms in total. The fourth-order valence-electron chi connectivity index (χ4n) is 2.79. The Labute approximate surface area is 88.1 Å². The van der Waals surface area contributed by atoms with Gasteiger partial charge in [0.1, 0.15) is 0 Å². The molecule has 0 aromatic carbocycles. The summed E-state index contributed by atoms with van der Waals surface area (Å²) >= 11 is 0. The lowest BCUT2D eigenvalue weighted by atomic mass is 10.0. The predicted molar refractivity (Wildman–Crippen MR) is 60.5 cm³/mol. The fourth-order valence-corrected chi connectivity index (χ4v) is 2.79. The first kappa shape index (κ1) is 10.4. The van der Waals surface area contributed by atoms with Crippen molar-refractivity contribution in [3.8, 4) is 0 Å². The molecule has 2 rings (SSSR count). The Balaban J connectivity index is 1.79. The van der Waals surface area contributed by atoms with Crippen LogP contribution in [0.3, 0.4) is 0 Å². The summed E-state index contributed by atoms with van der Waals surface area (Å²) in [6.07, 6.45) is 5.59. The minimum atomic E-state index is 0.775. The largest absolute Gasteiger partial charge is 0.313 e. The van der Waals surface area contributed by atoms with Crippen LogP contribution >= 0.6 is 0 Å². The van der Waals surface area contributed by atoms with E-state index in [1.165, 1.54) is 45.3 Å². The molecule has 0 aliphatic carbocycles. The van der Waals surface area contributed by atoms with E-state index in [-0.39, 0.29) is 0 Å². The van der Waals surface area contributed by atoms with Crippen molar-refractivity contribution in [3.05, 3.63) is 0 Å². The topological polar surface area (TPSA) is 15.3 Å². The number of rotatable bonds is 2. The maximum Gasteiger partial charge on any atom is 0.0195 e. The molecular weight excluding hydrogens is 172 g/mol. The van der Waals surface area contributed by atoms with Gasteiger partial charge in [-0.3, -0.25) is 4.90 Å². The Morgan fingerprint density at radius 1 is 1.21 bits per heavy atom. The SMILES string of the molecule is CC1CCN(C[C@H]2CCCCN2)C1C. The highest BCUT2D eigenvalue weighted by Crippen LogP contribution is 2.24. The molecule has 0 saturated carbocycles. The van der Waals surface area contributed by atoms with Crippen molar-refractivity contribution in [1.82, 2.24) is 10.2 Å². The standard InChI is InChI=1S/C12H24N2/c1-10-6-8-14(11(10)2)9-12-5-3-4-7-13-12/h10-13H,3-9H2,1-2H3/t10?,11?,12-/m1/s1. The molecule has 2 aliphatic heterocycles. The molecule has 14 heavy (non-hydrogen) atoms. The summed E-state index contributed by atoms with van der Waals surface area (Å²) in [6.45, 7) is 8.62. The van der Waals surface area contributed by atoms with E-state index in [1.807, 2.05) is 0 Å². The van der Waals surface area contributed by atoms with E-state index in [0.717, 1.165) is 18.0 Å². The lowest BCUT2D eigenvalue weighted by Gasteiger charge is -2.31. The lowest BCUT2D eigenvalue weighted by molar-refractivity contribution is 0.206. The Morgan fingerprint density at radius 2 is 2.07 bits per heavy atom. The molecule has 0 bridgehead atoms. The first-order valence-corrected chi connectivity index (χ1v) is 6.25. The average Bonchev–Trinajstić information content (AvgIpc) is 2.52. The van der Waals surface area contributed by atoms with Gasteiger partial charge in [-0.2, -0.15) is 0 Å². The predicted octanol–water partition coefficient (Wildman–Crippen LogP) is 1.86. The maximum absolute atomic E-state index is 3.64. The summed E-state index contributed by atoms with van der Waals surface area (Å²) < 4.78 is 0. The van der Waals surface area contributed by atoms with Crippen molar-refractivity contribution in [2.75, 3.05) is 19.6 Å². The summed E-state index contributed by atoms with van der Waals surface area (Å²) in [5.74, 6) is 0.901. The van der Waals surface area contributed by atoms with Crippen LogP contribution in [0.1, 0.15) is 39.5 Å². The number of nitrogens with zero attached hydrogens (tertiary/aromatic N) is 1. The van der Waals surface area contributed by atoms with Gasteiger partial charge < -0.3 is 5.32 Å². The summed E-state index contributed by atoms with van der Waals surface area (Å²) in [7, 11) is 0. The average molecular weight is 196 g/mol. The fraction of sp³-hybridized carbons (Fsp3) is 1.00. The van der Waals surface area contributed by atoms with Gasteiger partial charge in [-0.05, 0) is 45.2 Å². The zero-order valence-electron chi connectivity index (χ0n) is 9.63. The molecule has 0 amide bonds. The third kappa shape index (κ3) is 2.29. The second-order valence-electron chi connectivity index (χ2n) is 5.15. The van der Waals surface area contributed by atoms with Crippen molar-refractivity contribution in [3.63, 3.8) is 0 Å². The third-order valence-electron chi connectivity index (χ3n) is 4.14. The van der Waals surface area contributed by atoms with Crippen LogP contribution in [0.5, 0.6) is 0 Å². The molecule has 82 valence electrons. The molecule has 0 aromatic heterocycles. The minimum absolute atomic E-state index is 0.775. The second kappa shape index (κ2) is 4.63. The Kier molecular flexibility index (Phi) is 3.45. The van der Waals surface area contributed by atoms with Crippen molar-refractivity contribution in [2.24, 2.45) is 5.92 Å². The third-order valence-corrected chi connectivity index (χ3v) is 4.14. The first-order valence-electron chi connectivity index (χ1n) is 6.25. The van der Waals surface area contributed by atoms with Crippen LogP contribution in [-0.2, 0) is 0 Å². The van der Waals surface area contributed by atoms with Crippen LogP contribution in [0.2, 0.25) is 0 Å². The van der Waals surface area contributed by atoms with Crippen LogP contribution in [0, 0.1) is 5.92 Å². The number of hydrogen-bond acceptors (Lipinski definition) is 2. The Morgan fingerprint density at radius 3 is 2.64 bits per heavy atom. The lowest BCUT2D eigenvalue weighted by Crippen LogP contribution is -2.45. The number of likely N-dealkylation sites (tertiary alicyclic amines) is 1. The molecule has 0 spiro atoms. The van der Waals surface area contributed by atoms with Crippen LogP contribution in [0.4, 0.5) is 0 Å².